The summed E-state index contributed by atoms with van der Waals surface area (Å²) in [6.07, 6.45) is 0.842. The lowest BCUT2D eigenvalue weighted by molar-refractivity contribution is -0.178. The number of β-lactam (4-membered cyclic amide) rings is 1. The predicted octanol–water partition coefficient (Wildman–Crippen LogP) is -1.99. The van der Waals surface area contributed by atoms with Crippen LogP contribution in [0.5, 0.6) is 11.5 Å². The second kappa shape index (κ2) is 15.2. The molecule has 0 spiro atoms. The summed E-state index contributed by atoms with van der Waals surface area (Å²) in [4.78, 5) is 111. The van der Waals surface area contributed by atoms with Gasteiger partial charge in [-0.1, -0.05) is 28.5 Å². The first-order valence-electron chi connectivity index (χ1n) is 16.4. The van der Waals surface area contributed by atoms with E-state index in [9.17, 15) is 58.8 Å². The lowest BCUT2D eigenvalue weighted by atomic mass is 9.80. The number of benzene rings is 1. The standard InChI is InChI=1S/C30H31ClN10O13S2/c31-15-12(2-3-14(42)18(15)43)19(44)33-6-7-34-21(46)22(47)37-41-9-8-40(28(41)53)30(26(51)52)11-39-23(48)17(24(39)56-30)36-20(45)16(13-10-55-27(32)35-13)38-54-29(25(49)50)4-1-5-29/h2-3,10,17,24,42-43H,1,4-9,11H2,(H2,32,35)(H,33,44)(H,34,46)(H,36,45)(H,37,47)(H,49,50)(H,51,52)/b38-16-/t17?,24-,30?/m1/s1. The molecule has 6 rings (SSSR count). The van der Waals surface area contributed by atoms with Crippen LogP contribution in [0.2, 0.25) is 5.02 Å². The Morgan fingerprint density at radius 2 is 1.73 bits per heavy atom. The topological polar surface area (TPSA) is 336 Å². The molecular weight excluding hydrogens is 808 g/mol. The maximum absolute atomic E-state index is 13.5. The number of nitrogens with zero attached hydrogens (tertiary/aromatic N) is 5. The molecule has 1 saturated carbocycles. The number of thioether (sulfide) groups is 1. The zero-order valence-corrected chi connectivity index (χ0v) is 30.9. The summed E-state index contributed by atoms with van der Waals surface area (Å²) in [7, 11) is 0. The third kappa shape index (κ3) is 7.10. The van der Waals surface area contributed by atoms with E-state index in [2.05, 4.69) is 31.5 Å². The maximum Gasteiger partial charge on any atom is 0.350 e. The van der Waals surface area contributed by atoms with Crippen molar-refractivity contribution < 1.29 is 63.6 Å². The average Bonchev–Trinajstić information content (AvgIpc) is 3.84. The number of thiazole rings is 1. The molecule has 4 heterocycles. The van der Waals surface area contributed by atoms with Crippen LogP contribution in [0.15, 0.2) is 22.7 Å². The van der Waals surface area contributed by atoms with Crippen LogP contribution in [0.4, 0.5) is 9.93 Å². The van der Waals surface area contributed by atoms with Gasteiger partial charge in [-0.2, -0.15) is 0 Å². The van der Waals surface area contributed by atoms with E-state index in [4.69, 9.17) is 22.2 Å². The van der Waals surface area contributed by atoms with Crippen molar-refractivity contribution in [2.24, 2.45) is 5.16 Å². The van der Waals surface area contributed by atoms with Gasteiger partial charge in [0.25, 0.3) is 11.8 Å². The summed E-state index contributed by atoms with van der Waals surface area (Å²) in [5, 5.41) is 50.8. The van der Waals surface area contributed by atoms with Gasteiger partial charge in [-0.05, 0) is 18.6 Å². The number of urea groups is 1. The molecule has 3 saturated heterocycles. The quantitative estimate of drug-likeness (QED) is 0.0263. The molecule has 4 fully saturated rings. The Hall–Kier alpha value is -6.08. The third-order valence-electron chi connectivity index (χ3n) is 9.23. The van der Waals surface area contributed by atoms with Crippen molar-refractivity contribution in [3.05, 3.63) is 33.8 Å². The van der Waals surface area contributed by atoms with E-state index in [0.717, 1.165) is 38.3 Å². The molecule has 7 amide bonds. The Morgan fingerprint density at radius 1 is 1.02 bits per heavy atom. The number of aromatic nitrogens is 1. The minimum absolute atomic E-state index is 0.0594. The number of phenolic OH excluding ortho intramolecular Hbond substituents is 2. The van der Waals surface area contributed by atoms with Crippen molar-refractivity contribution in [3.8, 4) is 11.5 Å². The van der Waals surface area contributed by atoms with Crippen LogP contribution in [-0.4, -0.2) is 148 Å². The fourth-order valence-corrected chi connectivity index (χ4v) is 8.43. The van der Waals surface area contributed by atoms with Gasteiger partial charge in [0.2, 0.25) is 16.4 Å². The minimum Gasteiger partial charge on any atom is -0.504 e. The number of aliphatic carboxylic acids is 2. The van der Waals surface area contributed by atoms with Gasteiger partial charge < -0.3 is 51.8 Å². The Morgan fingerprint density at radius 3 is 2.36 bits per heavy atom. The first kappa shape index (κ1) is 39.6. The minimum atomic E-state index is -2.07. The number of hydrogen-bond donors (Lipinski definition) is 9. The van der Waals surface area contributed by atoms with Gasteiger partial charge in [-0.3, -0.25) is 34.3 Å². The summed E-state index contributed by atoms with van der Waals surface area (Å²) < 4.78 is 0. The number of phenols is 2. The first-order chi connectivity index (χ1) is 26.5. The van der Waals surface area contributed by atoms with Gasteiger partial charge in [0.15, 0.2) is 22.3 Å². The van der Waals surface area contributed by atoms with Crippen molar-refractivity contribution >= 4 is 93.0 Å². The SMILES string of the molecule is Nc1nc(/C(=N/OC2(C(=O)O)CCC2)C(=O)NC2C(=O)N3CC(C(=O)O)(N4CCN(NC(=O)C(=O)NCCNC(=O)c5ccc(O)c(O)c5Cl)C4=O)S[C@H]23)cs1. The Bertz CT molecular complexity index is 2080. The van der Waals surface area contributed by atoms with E-state index in [0.29, 0.717) is 18.2 Å². The molecule has 10 N–H and O–H groups in total. The highest BCUT2D eigenvalue weighted by atomic mass is 35.5. The lowest BCUT2D eigenvalue weighted by Gasteiger charge is -2.41. The van der Waals surface area contributed by atoms with Gasteiger partial charge in [-0.15, -0.1) is 11.3 Å². The number of carboxylic acid groups (broad SMARTS) is 2. The highest BCUT2D eigenvalue weighted by Gasteiger charge is 2.66. The summed E-state index contributed by atoms with van der Waals surface area (Å²) in [5.74, 6) is -8.95. The molecule has 0 bridgehead atoms. The first-order valence-corrected chi connectivity index (χ1v) is 18.5. The number of nitrogens with two attached hydrogens (primary N) is 1. The molecule has 56 heavy (non-hydrogen) atoms. The van der Waals surface area contributed by atoms with Crippen LogP contribution in [0.1, 0.15) is 35.3 Å². The summed E-state index contributed by atoms with van der Waals surface area (Å²) in [5.41, 5.74) is 5.48. The van der Waals surface area contributed by atoms with Crippen LogP contribution < -0.4 is 27.1 Å². The number of carbonyl (C=O) groups is 8. The Kier molecular flexibility index (Phi) is 10.8. The van der Waals surface area contributed by atoms with Crippen LogP contribution in [-0.2, 0) is 33.6 Å². The van der Waals surface area contributed by atoms with Crippen molar-refractivity contribution in [1.82, 2.24) is 41.2 Å². The van der Waals surface area contributed by atoms with Gasteiger partial charge in [-0.25, -0.2) is 24.4 Å². The molecule has 3 aliphatic heterocycles. The van der Waals surface area contributed by atoms with Gasteiger partial charge in [0.1, 0.15) is 17.1 Å². The molecule has 2 unspecified atom stereocenters. The lowest BCUT2D eigenvalue weighted by Crippen LogP contribution is -2.68. The second-order valence-corrected chi connectivity index (χ2v) is 15.3. The number of anilines is 1. The highest BCUT2D eigenvalue weighted by molar-refractivity contribution is 8.02. The molecule has 23 nitrogen and oxygen atoms in total. The number of carbonyl (C=O) groups excluding carboxylic acids is 6. The number of oxime groups is 1. The normalized spacial score (nSPS) is 22.4. The number of hydrogen-bond acceptors (Lipinski definition) is 16. The maximum atomic E-state index is 13.5. The number of rotatable bonds is 13. The zero-order valence-electron chi connectivity index (χ0n) is 28.5. The number of amides is 7. The van der Waals surface area contributed by atoms with Crippen molar-refractivity contribution in [1.29, 1.82) is 0 Å². The van der Waals surface area contributed by atoms with E-state index in [1.165, 1.54) is 5.38 Å². The van der Waals surface area contributed by atoms with Crippen LogP contribution in [0.25, 0.3) is 0 Å². The van der Waals surface area contributed by atoms with Crippen molar-refractivity contribution in [2.45, 2.75) is 41.2 Å². The summed E-state index contributed by atoms with van der Waals surface area (Å²) in [6.45, 7) is -1.46. The molecule has 0 radical (unpaired) electrons. The molecule has 298 valence electrons. The molecule has 1 aromatic carbocycles. The predicted molar refractivity (Wildman–Crippen MR) is 191 cm³/mol. The Labute approximate surface area is 327 Å². The number of aromatic hydroxyl groups is 2. The molecule has 1 aliphatic carbocycles. The Balaban J connectivity index is 1.05. The number of nitrogen functional groups attached to an aromatic ring is 1. The molecule has 2 aromatic rings. The van der Waals surface area contributed by atoms with Crippen molar-refractivity contribution in [3.63, 3.8) is 0 Å². The monoisotopic (exact) mass is 838 g/mol. The van der Waals surface area contributed by atoms with Crippen LogP contribution in [0, 0.1) is 0 Å². The molecular formula is C30H31ClN10O13S2. The molecule has 1 aromatic heterocycles. The third-order valence-corrected chi connectivity index (χ3v) is 12.0. The fourth-order valence-electron chi connectivity index (χ4n) is 6.00. The van der Waals surface area contributed by atoms with Gasteiger partial charge >= 0.3 is 29.8 Å². The summed E-state index contributed by atoms with van der Waals surface area (Å²) >= 11 is 7.51. The van der Waals surface area contributed by atoms with Gasteiger partial charge in [0.05, 0.1) is 23.7 Å². The van der Waals surface area contributed by atoms with Crippen molar-refractivity contribution in [2.75, 3.05) is 38.5 Å². The smallest absolute Gasteiger partial charge is 0.350 e. The zero-order chi connectivity index (χ0) is 40.7. The average molecular weight is 839 g/mol. The summed E-state index contributed by atoms with van der Waals surface area (Å²) in [6, 6.07) is -0.105. The number of carboxylic acids is 2. The number of fused-ring (bicyclic) bond motifs is 1. The van der Waals surface area contributed by atoms with Crippen LogP contribution >= 0.6 is 34.7 Å². The van der Waals surface area contributed by atoms with E-state index in [-0.39, 0.29) is 55.4 Å². The van der Waals surface area contributed by atoms with E-state index >= 15 is 0 Å². The largest absolute Gasteiger partial charge is 0.504 e. The number of halogens is 1. The molecule has 26 heteroatoms. The van der Waals surface area contributed by atoms with Crippen LogP contribution in [0.3, 0.4) is 0 Å². The second-order valence-electron chi connectivity index (χ2n) is 12.6. The van der Waals surface area contributed by atoms with E-state index in [1.807, 2.05) is 0 Å². The molecule has 3 atom stereocenters. The number of hydrazine groups is 1. The van der Waals surface area contributed by atoms with E-state index < -0.39 is 98.2 Å². The fraction of sp³-hybridized carbons (Fsp3) is 0.400. The molecule has 4 aliphatic rings. The highest BCUT2D eigenvalue weighted by Crippen LogP contribution is 2.49. The van der Waals surface area contributed by atoms with E-state index in [1.54, 1.807) is 0 Å². The number of nitrogens with one attached hydrogen (secondary N) is 4. The van der Waals surface area contributed by atoms with Gasteiger partial charge in [0, 0.05) is 37.9 Å².